The van der Waals surface area contributed by atoms with Crippen molar-refractivity contribution in [2.75, 3.05) is 25.5 Å². The van der Waals surface area contributed by atoms with Gasteiger partial charge in [-0.3, -0.25) is 4.79 Å². The number of amides is 1. The van der Waals surface area contributed by atoms with Crippen LogP contribution in [0, 0.1) is 5.92 Å². The second-order valence-electron chi connectivity index (χ2n) is 5.06. The lowest BCUT2D eigenvalue weighted by Gasteiger charge is -2.18. The third kappa shape index (κ3) is 4.70. The molecule has 1 aromatic carbocycles. The van der Waals surface area contributed by atoms with Gasteiger partial charge in [-0.25, -0.2) is 0 Å². The first-order chi connectivity index (χ1) is 9.78. The van der Waals surface area contributed by atoms with E-state index in [0.29, 0.717) is 12.5 Å². The van der Waals surface area contributed by atoms with E-state index in [1.165, 1.54) is 6.42 Å². The van der Waals surface area contributed by atoms with E-state index in [1.54, 1.807) is 7.11 Å². The molecule has 1 atom stereocenters. The molecule has 1 amide bonds. The maximum absolute atomic E-state index is 11.8. The Morgan fingerprint density at radius 1 is 1.40 bits per heavy atom. The van der Waals surface area contributed by atoms with Crippen molar-refractivity contribution in [2.45, 2.75) is 19.3 Å². The van der Waals surface area contributed by atoms with Crippen molar-refractivity contribution in [3.8, 4) is 5.75 Å². The van der Waals surface area contributed by atoms with Crippen LogP contribution in [0.15, 0.2) is 36.4 Å². The predicted octanol–water partition coefficient (Wildman–Crippen LogP) is 2.58. The van der Waals surface area contributed by atoms with Gasteiger partial charge in [-0.15, -0.1) is 0 Å². The lowest BCUT2D eigenvalue weighted by Crippen LogP contribution is -2.32. The lowest BCUT2D eigenvalue weighted by atomic mass is 9.94. The summed E-state index contributed by atoms with van der Waals surface area (Å²) in [6.07, 6.45) is 7.94. The smallest absolute Gasteiger partial charge is 0.238 e. The number of hydrogen-bond acceptors (Lipinski definition) is 3. The van der Waals surface area contributed by atoms with E-state index in [-0.39, 0.29) is 5.91 Å². The summed E-state index contributed by atoms with van der Waals surface area (Å²) in [6.45, 7) is 1.24. The Hall–Kier alpha value is -1.81. The van der Waals surface area contributed by atoms with Crippen LogP contribution in [-0.2, 0) is 4.79 Å². The summed E-state index contributed by atoms with van der Waals surface area (Å²) >= 11 is 0. The first-order valence-corrected chi connectivity index (χ1v) is 7.07. The summed E-state index contributed by atoms with van der Waals surface area (Å²) in [7, 11) is 1.61. The molecule has 4 nitrogen and oxygen atoms in total. The molecular weight excluding hydrogens is 252 g/mol. The maximum Gasteiger partial charge on any atom is 0.238 e. The Bertz CT molecular complexity index is 471. The minimum Gasteiger partial charge on any atom is -0.497 e. The first-order valence-electron chi connectivity index (χ1n) is 7.07. The highest BCUT2D eigenvalue weighted by Gasteiger charge is 2.10. The molecule has 1 aliphatic rings. The predicted molar refractivity (Wildman–Crippen MR) is 81.0 cm³/mol. The largest absolute Gasteiger partial charge is 0.497 e. The molecule has 20 heavy (non-hydrogen) atoms. The van der Waals surface area contributed by atoms with Crippen LogP contribution in [0.2, 0.25) is 0 Å². The number of anilines is 1. The van der Waals surface area contributed by atoms with Gasteiger partial charge in [-0.05, 0) is 43.9 Å². The number of methoxy groups -OCH3 is 1. The van der Waals surface area contributed by atoms with Gasteiger partial charge in [0.2, 0.25) is 5.91 Å². The van der Waals surface area contributed by atoms with Crippen molar-refractivity contribution in [2.24, 2.45) is 5.92 Å². The summed E-state index contributed by atoms with van der Waals surface area (Å²) in [4.78, 5) is 11.8. The summed E-state index contributed by atoms with van der Waals surface area (Å²) in [5, 5.41) is 6.09. The fraction of sp³-hybridized carbons (Fsp3) is 0.438. The number of allylic oxidation sites excluding steroid dienone is 2. The number of carbonyl (C=O) groups is 1. The molecule has 0 saturated heterocycles. The quantitative estimate of drug-likeness (QED) is 0.784. The Kier molecular flexibility index (Phi) is 5.62. The van der Waals surface area contributed by atoms with Crippen LogP contribution in [0.1, 0.15) is 19.3 Å². The van der Waals surface area contributed by atoms with Crippen molar-refractivity contribution < 1.29 is 9.53 Å². The molecule has 1 aliphatic carbocycles. The number of rotatable bonds is 6. The molecule has 108 valence electrons. The molecule has 0 bridgehead atoms. The van der Waals surface area contributed by atoms with Gasteiger partial charge in [0.1, 0.15) is 5.75 Å². The minimum atomic E-state index is -0.0235. The Morgan fingerprint density at radius 2 is 2.30 bits per heavy atom. The number of benzene rings is 1. The second kappa shape index (κ2) is 7.70. The van der Waals surface area contributed by atoms with E-state index in [0.717, 1.165) is 30.8 Å². The average Bonchev–Trinajstić information content (AvgIpc) is 2.48. The number of carbonyl (C=O) groups excluding carboxylic acids is 1. The zero-order chi connectivity index (χ0) is 14.2. The van der Waals surface area contributed by atoms with E-state index < -0.39 is 0 Å². The van der Waals surface area contributed by atoms with Gasteiger partial charge in [0.05, 0.1) is 13.7 Å². The monoisotopic (exact) mass is 274 g/mol. The highest BCUT2D eigenvalue weighted by Crippen LogP contribution is 2.17. The third-order valence-corrected chi connectivity index (χ3v) is 3.45. The lowest BCUT2D eigenvalue weighted by molar-refractivity contribution is -0.115. The van der Waals surface area contributed by atoms with E-state index in [4.69, 9.17) is 4.74 Å². The number of hydrogen-bond donors (Lipinski definition) is 2. The number of ether oxygens (including phenoxy) is 1. The fourth-order valence-electron chi connectivity index (χ4n) is 2.34. The van der Waals surface area contributed by atoms with Crippen LogP contribution in [-0.4, -0.2) is 26.1 Å². The zero-order valence-electron chi connectivity index (χ0n) is 11.9. The molecule has 0 spiro atoms. The van der Waals surface area contributed by atoms with Crippen LogP contribution in [0.5, 0.6) is 5.75 Å². The van der Waals surface area contributed by atoms with Crippen molar-refractivity contribution in [3.63, 3.8) is 0 Å². The van der Waals surface area contributed by atoms with Gasteiger partial charge in [0.25, 0.3) is 0 Å². The Balaban J connectivity index is 1.70. The van der Waals surface area contributed by atoms with E-state index >= 15 is 0 Å². The van der Waals surface area contributed by atoms with Crippen molar-refractivity contribution >= 4 is 11.6 Å². The summed E-state index contributed by atoms with van der Waals surface area (Å²) < 4.78 is 5.12. The molecular formula is C16H22N2O2. The molecule has 2 rings (SSSR count). The van der Waals surface area contributed by atoms with Crippen LogP contribution >= 0.6 is 0 Å². The van der Waals surface area contributed by atoms with Crippen molar-refractivity contribution in [3.05, 3.63) is 36.4 Å². The average molecular weight is 274 g/mol. The molecule has 0 radical (unpaired) electrons. The van der Waals surface area contributed by atoms with E-state index in [1.807, 2.05) is 24.3 Å². The zero-order valence-corrected chi connectivity index (χ0v) is 11.9. The SMILES string of the molecule is COc1cccc(NC(=O)CNCC2CC=CCC2)c1. The minimum absolute atomic E-state index is 0.0235. The van der Waals surface area contributed by atoms with Gasteiger partial charge in [-0.2, -0.15) is 0 Å². The molecule has 2 N–H and O–H groups in total. The highest BCUT2D eigenvalue weighted by atomic mass is 16.5. The van der Waals surface area contributed by atoms with Gasteiger partial charge in [0, 0.05) is 11.8 Å². The Morgan fingerprint density at radius 3 is 3.05 bits per heavy atom. The summed E-state index contributed by atoms with van der Waals surface area (Å²) in [5.74, 6) is 1.37. The molecule has 1 unspecified atom stereocenters. The molecule has 0 saturated carbocycles. The standard InChI is InChI=1S/C16H22N2O2/c1-20-15-9-5-8-14(10-15)18-16(19)12-17-11-13-6-3-2-4-7-13/h2-3,5,8-10,13,17H,4,6-7,11-12H2,1H3,(H,18,19). The first kappa shape index (κ1) is 14.6. The molecule has 0 aromatic heterocycles. The van der Waals surface area contributed by atoms with Gasteiger partial charge in [-0.1, -0.05) is 18.2 Å². The number of nitrogens with one attached hydrogen (secondary N) is 2. The van der Waals surface area contributed by atoms with Crippen LogP contribution in [0.3, 0.4) is 0 Å². The summed E-state index contributed by atoms with van der Waals surface area (Å²) in [6, 6.07) is 7.37. The Labute approximate surface area is 120 Å². The molecule has 0 aliphatic heterocycles. The van der Waals surface area contributed by atoms with Crippen LogP contribution < -0.4 is 15.4 Å². The normalized spacial score (nSPS) is 17.8. The van der Waals surface area contributed by atoms with Crippen molar-refractivity contribution in [1.82, 2.24) is 5.32 Å². The molecule has 1 aromatic rings. The van der Waals surface area contributed by atoms with Gasteiger partial charge >= 0.3 is 0 Å². The van der Waals surface area contributed by atoms with Crippen LogP contribution in [0.4, 0.5) is 5.69 Å². The molecule has 0 fully saturated rings. The highest BCUT2D eigenvalue weighted by molar-refractivity contribution is 5.92. The topological polar surface area (TPSA) is 50.4 Å². The molecule has 4 heteroatoms. The van der Waals surface area contributed by atoms with Gasteiger partial charge in [0.15, 0.2) is 0 Å². The fourth-order valence-corrected chi connectivity index (χ4v) is 2.34. The maximum atomic E-state index is 11.8. The van der Waals surface area contributed by atoms with Crippen LogP contribution in [0.25, 0.3) is 0 Å². The van der Waals surface area contributed by atoms with Gasteiger partial charge < -0.3 is 15.4 Å². The summed E-state index contributed by atoms with van der Waals surface area (Å²) in [5.41, 5.74) is 0.761. The third-order valence-electron chi connectivity index (χ3n) is 3.45. The van der Waals surface area contributed by atoms with E-state index in [9.17, 15) is 4.79 Å². The van der Waals surface area contributed by atoms with Crippen molar-refractivity contribution in [1.29, 1.82) is 0 Å². The van der Waals surface area contributed by atoms with E-state index in [2.05, 4.69) is 22.8 Å². The molecule has 0 heterocycles. The second-order valence-corrected chi connectivity index (χ2v) is 5.06.